The van der Waals surface area contributed by atoms with E-state index < -0.39 is 14.6 Å². The van der Waals surface area contributed by atoms with E-state index in [1.165, 1.54) is 0 Å². The van der Waals surface area contributed by atoms with E-state index in [9.17, 15) is 8.42 Å². The first kappa shape index (κ1) is 21.2. The minimum Gasteiger partial charge on any atom is -0.355 e. The predicted molar refractivity (Wildman–Crippen MR) is 102 cm³/mol. The first-order chi connectivity index (χ1) is 11.1. The molecule has 1 aliphatic heterocycles. The van der Waals surface area contributed by atoms with Crippen LogP contribution in [-0.2, 0) is 9.84 Å². The van der Waals surface area contributed by atoms with Crippen LogP contribution in [-0.4, -0.2) is 81.5 Å². The van der Waals surface area contributed by atoms with Gasteiger partial charge in [-0.25, -0.2) is 8.42 Å². The van der Waals surface area contributed by atoms with Crippen LogP contribution in [0.5, 0.6) is 0 Å². The molecule has 1 fully saturated rings. The third kappa shape index (κ3) is 4.85. The van der Waals surface area contributed by atoms with Gasteiger partial charge in [0.1, 0.15) is 0 Å². The average molecular weight is 361 g/mol. The van der Waals surface area contributed by atoms with Crippen LogP contribution in [0, 0.1) is 5.92 Å². The summed E-state index contributed by atoms with van der Waals surface area (Å²) >= 11 is 0. The molecule has 0 aromatic rings. The fourth-order valence-corrected chi connectivity index (χ4v) is 4.82. The number of likely N-dealkylation sites (N-methyl/N-ethyl adjacent to an activating group) is 1. The van der Waals surface area contributed by atoms with Crippen LogP contribution in [0.15, 0.2) is 4.99 Å². The quantitative estimate of drug-likeness (QED) is 0.573. The van der Waals surface area contributed by atoms with Gasteiger partial charge in [0.15, 0.2) is 15.8 Å². The van der Waals surface area contributed by atoms with Gasteiger partial charge in [-0.05, 0) is 33.9 Å². The van der Waals surface area contributed by atoms with Crippen molar-refractivity contribution in [3.05, 3.63) is 0 Å². The summed E-state index contributed by atoms with van der Waals surface area (Å²) in [6.07, 6.45) is 2.29. The molecular weight excluding hydrogens is 324 g/mol. The highest BCUT2D eigenvalue weighted by atomic mass is 32.2. The van der Waals surface area contributed by atoms with Gasteiger partial charge in [0.05, 0.1) is 10.5 Å². The van der Waals surface area contributed by atoms with Gasteiger partial charge >= 0.3 is 0 Å². The molecule has 142 valence electrons. The monoisotopic (exact) mass is 360 g/mol. The molecular formula is C17H36N4O2S. The summed E-state index contributed by atoms with van der Waals surface area (Å²) in [6, 6.07) is 0.429. The first-order valence-electron chi connectivity index (χ1n) is 8.94. The van der Waals surface area contributed by atoms with E-state index in [1.54, 1.807) is 20.9 Å². The summed E-state index contributed by atoms with van der Waals surface area (Å²) in [7, 11) is 2.96. The van der Waals surface area contributed by atoms with Crippen LogP contribution in [0.2, 0.25) is 0 Å². The Hall–Kier alpha value is -0.820. The largest absolute Gasteiger partial charge is 0.355 e. The third-order valence-electron chi connectivity index (χ3n) is 5.28. The lowest BCUT2D eigenvalue weighted by Gasteiger charge is -2.40. The summed E-state index contributed by atoms with van der Waals surface area (Å²) in [4.78, 5) is 8.72. The van der Waals surface area contributed by atoms with Crippen molar-refractivity contribution in [2.45, 2.75) is 51.3 Å². The zero-order chi connectivity index (χ0) is 18.5. The van der Waals surface area contributed by atoms with Gasteiger partial charge < -0.3 is 15.1 Å². The van der Waals surface area contributed by atoms with Gasteiger partial charge in [0.2, 0.25) is 0 Å². The van der Waals surface area contributed by atoms with E-state index in [1.807, 2.05) is 0 Å². The lowest BCUT2D eigenvalue weighted by atomic mass is 9.93. The van der Waals surface area contributed by atoms with Gasteiger partial charge in [0.25, 0.3) is 0 Å². The molecule has 1 N–H and O–H groups in total. The van der Waals surface area contributed by atoms with E-state index in [4.69, 9.17) is 0 Å². The molecule has 0 spiro atoms. The second kappa shape index (κ2) is 8.52. The molecule has 1 heterocycles. The van der Waals surface area contributed by atoms with Gasteiger partial charge in [-0.15, -0.1) is 0 Å². The summed E-state index contributed by atoms with van der Waals surface area (Å²) in [6.45, 7) is 9.86. The zero-order valence-corrected chi connectivity index (χ0v) is 17.3. The number of aliphatic imine (C=N–C) groups is 1. The molecule has 1 atom stereocenters. The van der Waals surface area contributed by atoms with E-state index in [0.29, 0.717) is 25.0 Å². The molecule has 6 nitrogen and oxygen atoms in total. The Balaban J connectivity index is 2.78. The zero-order valence-electron chi connectivity index (χ0n) is 16.5. The number of hydrogen-bond donors (Lipinski definition) is 1. The third-order valence-corrected chi connectivity index (χ3v) is 7.81. The summed E-state index contributed by atoms with van der Waals surface area (Å²) in [5.41, 5.74) is 0. The molecule has 0 aromatic carbocycles. The molecule has 0 aromatic heterocycles. The second-order valence-corrected chi connectivity index (χ2v) is 10.3. The Morgan fingerprint density at radius 1 is 1.29 bits per heavy atom. The lowest BCUT2D eigenvalue weighted by molar-refractivity contribution is 0.198. The number of nitrogens with zero attached hydrogens (tertiary/aromatic N) is 3. The lowest BCUT2D eigenvalue weighted by Crippen LogP contribution is -2.58. The van der Waals surface area contributed by atoms with Crippen LogP contribution >= 0.6 is 0 Å². The highest BCUT2D eigenvalue weighted by Crippen LogP contribution is 2.24. The van der Waals surface area contributed by atoms with Gasteiger partial charge in [-0.2, -0.15) is 0 Å². The number of hydrogen-bond acceptors (Lipinski definition) is 4. The predicted octanol–water partition coefficient (Wildman–Crippen LogP) is 1.44. The number of guanidine groups is 1. The maximum atomic E-state index is 12.2. The van der Waals surface area contributed by atoms with E-state index in [0.717, 1.165) is 25.3 Å². The van der Waals surface area contributed by atoms with Crippen molar-refractivity contribution in [2.75, 3.05) is 46.5 Å². The van der Waals surface area contributed by atoms with Crippen molar-refractivity contribution in [1.29, 1.82) is 0 Å². The highest BCUT2D eigenvalue weighted by molar-refractivity contribution is 7.92. The maximum Gasteiger partial charge on any atom is 0.193 e. The van der Waals surface area contributed by atoms with Crippen molar-refractivity contribution in [1.82, 2.24) is 15.1 Å². The Bertz CT molecular complexity index is 525. The first-order valence-corrected chi connectivity index (χ1v) is 10.6. The van der Waals surface area contributed by atoms with E-state index in [2.05, 4.69) is 48.1 Å². The summed E-state index contributed by atoms with van der Waals surface area (Å²) in [5.74, 6) is 1.62. The number of sulfone groups is 1. The van der Waals surface area contributed by atoms with E-state index in [-0.39, 0.29) is 5.75 Å². The van der Waals surface area contributed by atoms with Crippen molar-refractivity contribution in [3.63, 3.8) is 0 Å². The average Bonchev–Trinajstić information content (AvgIpc) is 2.50. The Morgan fingerprint density at radius 3 is 2.29 bits per heavy atom. The fraction of sp³-hybridized carbons (Fsp3) is 0.941. The summed E-state index contributed by atoms with van der Waals surface area (Å²) < 4.78 is 23.6. The van der Waals surface area contributed by atoms with E-state index >= 15 is 0 Å². The van der Waals surface area contributed by atoms with Crippen molar-refractivity contribution in [2.24, 2.45) is 10.9 Å². The van der Waals surface area contributed by atoms with Gasteiger partial charge in [-0.3, -0.25) is 4.99 Å². The molecule has 0 amide bonds. The topological polar surface area (TPSA) is 65.0 Å². The normalized spacial score (nSPS) is 22.0. The van der Waals surface area contributed by atoms with Crippen LogP contribution < -0.4 is 5.32 Å². The fourth-order valence-electron chi connectivity index (χ4n) is 3.46. The van der Waals surface area contributed by atoms with Crippen molar-refractivity contribution >= 4 is 15.8 Å². The molecule has 1 rings (SSSR count). The number of nitrogens with one attached hydrogen (secondary N) is 1. The minimum absolute atomic E-state index is 0.185. The smallest absolute Gasteiger partial charge is 0.193 e. The Labute approximate surface area is 148 Å². The molecule has 0 bridgehead atoms. The molecule has 0 radical (unpaired) electrons. The molecule has 1 saturated heterocycles. The SMILES string of the molecule is CCC(CC)C(CNC(=NC)N1CCS(=O)(=O)C(C)(C)C1)N(C)C. The van der Waals surface area contributed by atoms with Crippen LogP contribution in [0.25, 0.3) is 0 Å². The second-order valence-electron chi connectivity index (χ2n) is 7.54. The Morgan fingerprint density at radius 2 is 1.88 bits per heavy atom. The molecule has 0 saturated carbocycles. The van der Waals surface area contributed by atoms with Crippen LogP contribution in [0.1, 0.15) is 40.5 Å². The minimum atomic E-state index is -3.03. The maximum absolute atomic E-state index is 12.2. The van der Waals surface area contributed by atoms with Crippen molar-refractivity contribution < 1.29 is 8.42 Å². The van der Waals surface area contributed by atoms with Crippen LogP contribution in [0.4, 0.5) is 0 Å². The Kier molecular flexibility index (Phi) is 7.53. The molecule has 1 unspecified atom stereocenters. The van der Waals surface area contributed by atoms with Crippen molar-refractivity contribution in [3.8, 4) is 0 Å². The van der Waals surface area contributed by atoms with Gasteiger partial charge in [-0.1, -0.05) is 26.7 Å². The number of rotatable bonds is 6. The summed E-state index contributed by atoms with van der Waals surface area (Å²) in [5, 5.41) is 3.47. The molecule has 24 heavy (non-hydrogen) atoms. The molecule has 7 heteroatoms. The molecule has 1 aliphatic rings. The molecule has 0 aliphatic carbocycles. The van der Waals surface area contributed by atoms with Crippen LogP contribution in [0.3, 0.4) is 0 Å². The highest BCUT2D eigenvalue weighted by Gasteiger charge is 2.41. The van der Waals surface area contributed by atoms with Gasteiger partial charge in [0, 0.05) is 32.7 Å². The standard InChI is InChI=1S/C17H36N4O2S/c1-8-14(9-2)15(20(6)7)12-19-16(18-5)21-10-11-24(22,23)17(3,4)13-21/h14-15H,8-13H2,1-7H3,(H,18,19).